The zero-order valence-corrected chi connectivity index (χ0v) is 16.9. The van der Waals surface area contributed by atoms with Crippen molar-refractivity contribution in [3.05, 3.63) is 75.9 Å². The Morgan fingerprint density at radius 3 is 2.60 bits per heavy atom. The zero-order chi connectivity index (χ0) is 21.3. The van der Waals surface area contributed by atoms with E-state index < -0.39 is 0 Å². The third-order valence-electron chi connectivity index (χ3n) is 4.85. The van der Waals surface area contributed by atoms with E-state index in [-0.39, 0.29) is 17.9 Å². The van der Waals surface area contributed by atoms with E-state index in [2.05, 4.69) is 5.32 Å². The lowest BCUT2D eigenvalue weighted by Gasteiger charge is -2.11. The van der Waals surface area contributed by atoms with E-state index in [9.17, 15) is 9.59 Å². The van der Waals surface area contributed by atoms with E-state index in [1.54, 1.807) is 36.4 Å². The molecule has 0 saturated heterocycles. The molecule has 30 heavy (non-hydrogen) atoms. The Kier molecular flexibility index (Phi) is 5.14. The number of carbonyl (C=O) groups is 1. The zero-order valence-electron chi connectivity index (χ0n) is 16.9. The van der Waals surface area contributed by atoms with Crippen LogP contribution in [-0.4, -0.2) is 19.6 Å². The highest BCUT2D eigenvalue weighted by Crippen LogP contribution is 2.28. The first-order chi connectivity index (χ1) is 14.5. The number of fused-ring (bicyclic) bond motifs is 2. The normalized spacial score (nSPS) is 10.9. The van der Waals surface area contributed by atoms with E-state index in [1.807, 2.05) is 32.0 Å². The van der Waals surface area contributed by atoms with Crippen LogP contribution >= 0.6 is 0 Å². The van der Waals surface area contributed by atoms with E-state index in [0.29, 0.717) is 39.1 Å². The van der Waals surface area contributed by atoms with Crippen molar-refractivity contribution in [1.29, 1.82) is 0 Å². The number of hydrogen-bond acceptors (Lipinski definition) is 5. The van der Waals surface area contributed by atoms with Gasteiger partial charge in [0.05, 0.1) is 17.9 Å². The van der Waals surface area contributed by atoms with Crippen molar-refractivity contribution in [2.75, 3.05) is 19.0 Å². The predicted molar refractivity (Wildman–Crippen MR) is 117 cm³/mol. The van der Waals surface area contributed by atoms with Crippen LogP contribution in [0, 0.1) is 13.8 Å². The molecule has 0 atom stereocenters. The molecule has 1 N–H and O–H groups in total. The number of carbonyl (C=O) groups excluding carboxylic acids is 1. The molecule has 1 heterocycles. The number of amides is 1. The molecule has 0 aliphatic carbocycles. The fraction of sp³-hybridized carbons (Fsp3) is 0.167. The highest BCUT2D eigenvalue weighted by atomic mass is 16.5. The Morgan fingerprint density at radius 1 is 1.00 bits per heavy atom. The van der Waals surface area contributed by atoms with Gasteiger partial charge in [-0.3, -0.25) is 9.59 Å². The molecule has 6 heteroatoms. The summed E-state index contributed by atoms with van der Waals surface area (Å²) in [7, 11) is 1.52. The highest BCUT2D eigenvalue weighted by molar-refractivity contribution is 5.96. The fourth-order valence-electron chi connectivity index (χ4n) is 3.39. The molecule has 0 fully saturated rings. The number of ether oxygens (including phenoxy) is 2. The van der Waals surface area contributed by atoms with Gasteiger partial charge in [0.15, 0.2) is 17.9 Å². The second-order valence-corrected chi connectivity index (χ2v) is 7.08. The molecule has 152 valence electrons. The SMILES string of the molecule is COc1cccc2c(=O)c3ccc(NC(=O)COc4ccc(C)cc4C)cc3oc12. The van der Waals surface area contributed by atoms with Crippen LogP contribution in [0.4, 0.5) is 5.69 Å². The maximum absolute atomic E-state index is 12.8. The molecule has 4 rings (SSSR count). The molecule has 3 aromatic carbocycles. The number of methoxy groups -OCH3 is 1. The Hall–Kier alpha value is -3.80. The summed E-state index contributed by atoms with van der Waals surface area (Å²) >= 11 is 0. The van der Waals surface area contributed by atoms with Crippen LogP contribution in [0.2, 0.25) is 0 Å². The molecule has 0 saturated carbocycles. The predicted octanol–water partition coefficient (Wildman–Crippen LogP) is 4.59. The second kappa shape index (κ2) is 7.91. The number of nitrogens with one attached hydrogen (secondary N) is 1. The Balaban J connectivity index is 1.57. The molecule has 0 aliphatic rings. The van der Waals surface area contributed by atoms with Gasteiger partial charge in [-0.1, -0.05) is 23.8 Å². The lowest BCUT2D eigenvalue weighted by molar-refractivity contribution is -0.118. The van der Waals surface area contributed by atoms with Crippen LogP contribution in [-0.2, 0) is 4.79 Å². The molecule has 0 spiro atoms. The first-order valence-corrected chi connectivity index (χ1v) is 9.50. The number of anilines is 1. The minimum Gasteiger partial charge on any atom is -0.493 e. The molecular weight excluding hydrogens is 382 g/mol. The summed E-state index contributed by atoms with van der Waals surface area (Å²) in [5, 5.41) is 3.65. The monoisotopic (exact) mass is 403 g/mol. The smallest absolute Gasteiger partial charge is 0.262 e. The largest absolute Gasteiger partial charge is 0.493 e. The number of para-hydroxylation sites is 1. The van der Waals surface area contributed by atoms with Crippen LogP contribution in [0.1, 0.15) is 11.1 Å². The van der Waals surface area contributed by atoms with E-state index in [0.717, 1.165) is 11.1 Å². The van der Waals surface area contributed by atoms with Crippen molar-refractivity contribution in [3.63, 3.8) is 0 Å². The summed E-state index contributed by atoms with van der Waals surface area (Å²) < 4.78 is 16.8. The lowest BCUT2D eigenvalue weighted by atomic mass is 10.1. The Bertz CT molecular complexity index is 1320. The van der Waals surface area contributed by atoms with Gasteiger partial charge in [0.2, 0.25) is 5.43 Å². The standard InChI is InChI=1S/C24H21NO5/c1-14-7-10-19(15(2)11-14)29-13-22(26)25-16-8-9-17-21(12-16)30-24-18(23(17)27)5-4-6-20(24)28-3/h4-12H,13H2,1-3H3,(H,25,26). The molecular formula is C24H21NO5. The van der Waals surface area contributed by atoms with Crippen molar-refractivity contribution < 1.29 is 18.7 Å². The van der Waals surface area contributed by atoms with Crippen molar-refractivity contribution in [3.8, 4) is 11.5 Å². The highest BCUT2D eigenvalue weighted by Gasteiger charge is 2.13. The number of hydrogen-bond donors (Lipinski definition) is 1. The summed E-state index contributed by atoms with van der Waals surface area (Å²) in [4.78, 5) is 25.1. The summed E-state index contributed by atoms with van der Waals surface area (Å²) in [6.07, 6.45) is 0. The number of rotatable bonds is 5. The number of aryl methyl sites for hydroxylation is 2. The van der Waals surface area contributed by atoms with Gasteiger partial charge in [-0.25, -0.2) is 0 Å². The van der Waals surface area contributed by atoms with Crippen LogP contribution in [0.5, 0.6) is 11.5 Å². The van der Waals surface area contributed by atoms with E-state index in [4.69, 9.17) is 13.9 Å². The molecule has 0 aliphatic heterocycles. The van der Waals surface area contributed by atoms with Crippen molar-refractivity contribution in [1.82, 2.24) is 0 Å². The third kappa shape index (κ3) is 3.72. The van der Waals surface area contributed by atoms with Crippen LogP contribution in [0.3, 0.4) is 0 Å². The number of benzene rings is 3. The average molecular weight is 403 g/mol. The summed E-state index contributed by atoms with van der Waals surface area (Å²) in [6.45, 7) is 3.81. The first-order valence-electron chi connectivity index (χ1n) is 9.50. The molecule has 0 unspecified atom stereocenters. The van der Waals surface area contributed by atoms with Gasteiger partial charge in [0.1, 0.15) is 11.3 Å². The molecule has 6 nitrogen and oxygen atoms in total. The molecule has 1 aromatic heterocycles. The molecule has 4 aromatic rings. The van der Waals surface area contributed by atoms with Gasteiger partial charge in [-0.2, -0.15) is 0 Å². The molecule has 1 amide bonds. The molecule has 0 bridgehead atoms. The first kappa shape index (κ1) is 19.5. The quantitative estimate of drug-likeness (QED) is 0.493. The van der Waals surface area contributed by atoms with Gasteiger partial charge < -0.3 is 19.2 Å². The summed E-state index contributed by atoms with van der Waals surface area (Å²) in [6, 6.07) is 15.9. The maximum atomic E-state index is 12.8. The maximum Gasteiger partial charge on any atom is 0.262 e. The van der Waals surface area contributed by atoms with Crippen molar-refractivity contribution >= 4 is 33.5 Å². The van der Waals surface area contributed by atoms with Gasteiger partial charge in [-0.05, 0) is 49.7 Å². The average Bonchev–Trinajstić information content (AvgIpc) is 2.73. The Morgan fingerprint density at radius 2 is 1.83 bits per heavy atom. The van der Waals surface area contributed by atoms with Crippen LogP contribution < -0.4 is 20.2 Å². The van der Waals surface area contributed by atoms with E-state index >= 15 is 0 Å². The topological polar surface area (TPSA) is 77.8 Å². The minimum atomic E-state index is -0.310. The van der Waals surface area contributed by atoms with Crippen LogP contribution in [0.15, 0.2) is 63.8 Å². The van der Waals surface area contributed by atoms with Crippen molar-refractivity contribution in [2.45, 2.75) is 13.8 Å². The summed E-state index contributed by atoms with van der Waals surface area (Å²) in [5.41, 5.74) is 3.20. The fourth-order valence-corrected chi connectivity index (χ4v) is 3.39. The lowest BCUT2D eigenvalue weighted by Crippen LogP contribution is -2.20. The van der Waals surface area contributed by atoms with Gasteiger partial charge in [0, 0.05) is 11.8 Å². The van der Waals surface area contributed by atoms with Gasteiger partial charge in [-0.15, -0.1) is 0 Å². The summed E-state index contributed by atoms with van der Waals surface area (Å²) in [5.74, 6) is 0.830. The minimum absolute atomic E-state index is 0.128. The van der Waals surface area contributed by atoms with Gasteiger partial charge in [0.25, 0.3) is 5.91 Å². The van der Waals surface area contributed by atoms with Crippen LogP contribution in [0.25, 0.3) is 21.9 Å². The van der Waals surface area contributed by atoms with Crippen molar-refractivity contribution in [2.24, 2.45) is 0 Å². The van der Waals surface area contributed by atoms with Gasteiger partial charge >= 0.3 is 0 Å². The second-order valence-electron chi connectivity index (χ2n) is 7.08. The third-order valence-corrected chi connectivity index (χ3v) is 4.85. The van der Waals surface area contributed by atoms with E-state index in [1.165, 1.54) is 7.11 Å². The Labute approximate surface area is 173 Å². The molecule has 0 radical (unpaired) electrons.